The summed E-state index contributed by atoms with van der Waals surface area (Å²) in [7, 11) is 0. The molecule has 4 aliphatic carbocycles. The van der Waals surface area contributed by atoms with Crippen molar-refractivity contribution >= 4 is 0 Å². The van der Waals surface area contributed by atoms with Gasteiger partial charge in [0.1, 0.15) is 0 Å². The van der Waals surface area contributed by atoms with Gasteiger partial charge in [0.05, 0.1) is 0 Å². The standard InChI is InChI=1S/C16H27N/c1-11(2)17-5-3-4-16-14-7-12-6-13(9-14)10-15(16)8-12/h3-4,11-17H,5-10H2,1-2H3/b4-3+. The summed E-state index contributed by atoms with van der Waals surface area (Å²) in [5.74, 6) is 5.23. The van der Waals surface area contributed by atoms with Gasteiger partial charge in [-0.3, -0.25) is 0 Å². The fraction of sp³-hybridized carbons (Fsp3) is 0.875. The molecule has 0 aromatic carbocycles. The quantitative estimate of drug-likeness (QED) is 0.731. The van der Waals surface area contributed by atoms with Crippen molar-refractivity contribution in [3.8, 4) is 0 Å². The van der Waals surface area contributed by atoms with Crippen molar-refractivity contribution in [3.63, 3.8) is 0 Å². The van der Waals surface area contributed by atoms with Crippen LogP contribution in [0.4, 0.5) is 0 Å². The molecule has 96 valence electrons. The lowest BCUT2D eigenvalue weighted by atomic mass is 9.52. The molecule has 0 radical (unpaired) electrons. The first kappa shape index (κ1) is 11.8. The van der Waals surface area contributed by atoms with Crippen molar-refractivity contribution in [1.82, 2.24) is 5.32 Å². The van der Waals surface area contributed by atoms with Gasteiger partial charge in [0, 0.05) is 12.6 Å². The van der Waals surface area contributed by atoms with E-state index in [1.54, 1.807) is 32.1 Å². The van der Waals surface area contributed by atoms with Crippen LogP contribution in [0.2, 0.25) is 0 Å². The monoisotopic (exact) mass is 233 g/mol. The van der Waals surface area contributed by atoms with Crippen LogP contribution in [-0.2, 0) is 0 Å². The third-order valence-corrected chi connectivity index (χ3v) is 5.30. The van der Waals surface area contributed by atoms with Gasteiger partial charge in [0.25, 0.3) is 0 Å². The Hall–Kier alpha value is -0.300. The molecule has 4 rings (SSSR count). The lowest BCUT2D eigenvalue weighted by molar-refractivity contribution is -0.0162. The fourth-order valence-corrected chi connectivity index (χ4v) is 4.81. The highest BCUT2D eigenvalue weighted by Crippen LogP contribution is 2.56. The summed E-state index contributed by atoms with van der Waals surface area (Å²) in [5.41, 5.74) is 0. The first-order valence-electron chi connectivity index (χ1n) is 7.62. The van der Waals surface area contributed by atoms with Gasteiger partial charge in [-0.05, 0) is 61.7 Å². The van der Waals surface area contributed by atoms with Crippen LogP contribution in [0, 0.1) is 29.6 Å². The minimum atomic E-state index is 0.609. The lowest BCUT2D eigenvalue weighted by Crippen LogP contribution is -2.44. The Morgan fingerprint density at radius 2 is 1.59 bits per heavy atom. The number of allylic oxidation sites excluding steroid dienone is 1. The van der Waals surface area contributed by atoms with E-state index in [4.69, 9.17) is 0 Å². The van der Waals surface area contributed by atoms with Crippen LogP contribution in [0.15, 0.2) is 12.2 Å². The highest BCUT2D eigenvalue weighted by molar-refractivity contribution is 5.05. The van der Waals surface area contributed by atoms with E-state index in [1.807, 2.05) is 0 Å². The first-order valence-corrected chi connectivity index (χ1v) is 7.62. The molecule has 0 amide bonds. The summed E-state index contributed by atoms with van der Waals surface area (Å²) in [5, 5.41) is 3.48. The Morgan fingerprint density at radius 3 is 2.12 bits per heavy atom. The highest BCUT2D eigenvalue weighted by atomic mass is 14.9. The van der Waals surface area contributed by atoms with Crippen LogP contribution in [0.1, 0.15) is 46.0 Å². The van der Waals surface area contributed by atoms with Crippen LogP contribution in [-0.4, -0.2) is 12.6 Å². The van der Waals surface area contributed by atoms with Crippen molar-refractivity contribution in [2.24, 2.45) is 29.6 Å². The van der Waals surface area contributed by atoms with Crippen LogP contribution >= 0.6 is 0 Å². The molecule has 4 fully saturated rings. The van der Waals surface area contributed by atoms with Gasteiger partial charge in [0.2, 0.25) is 0 Å². The van der Waals surface area contributed by atoms with Crippen molar-refractivity contribution in [2.45, 2.75) is 52.0 Å². The van der Waals surface area contributed by atoms with E-state index in [9.17, 15) is 0 Å². The van der Waals surface area contributed by atoms with Gasteiger partial charge in [-0.25, -0.2) is 0 Å². The maximum atomic E-state index is 3.48. The molecule has 1 nitrogen and oxygen atoms in total. The first-order chi connectivity index (χ1) is 8.22. The zero-order valence-electron chi connectivity index (χ0n) is 11.4. The molecule has 0 atom stereocenters. The maximum Gasteiger partial charge on any atom is 0.0137 e. The van der Waals surface area contributed by atoms with Gasteiger partial charge >= 0.3 is 0 Å². The second kappa shape index (κ2) is 4.76. The van der Waals surface area contributed by atoms with Gasteiger partial charge < -0.3 is 5.32 Å². The summed E-state index contributed by atoms with van der Waals surface area (Å²) < 4.78 is 0. The molecule has 17 heavy (non-hydrogen) atoms. The van der Waals surface area contributed by atoms with Crippen LogP contribution in [0.25, 0.3) is 0 Å². The predicted octanol–water partition coefficient (Wildman–Crippen LogP) is 3.61. The smallest absolute Gasteiger partial charge is 0.0137 e. The highest BCUT2D eigenvalue weighted by Gasteiger charge is 2.46. The van der Waals surface area contributed by atoms with Gasteiger partial charge in [-0.15, -0.1) is 0 Å². The zero-order chi connectivity index (χ0) is 11.8. The molecular formula is C16H27N. The largest absolute Gasteiger partial charge is 0.311 e. The van der Waals surface area contributed by atoms with E-state index in [1.165, 1.54) is 0 Å². The molecule has 0 aromatic rings. The van der Waals surface area contributed by atoms with E-state index in [-0.39, 0.29) is 0 Å². The Bertz CT molecular complexity index is 264. The minimum absolute atomic E-state index is 0.609. The average molecular weight is 233 g/mol. The van der Waals surface area contributed by atoms with Gasteiger partial charge in [-0.2, -0.15) is 0 Å². The third kappa shape index (κ3) is 2.45. The second-order valence-electron chi connectivity index (χ2n) is 7.00. The Kier molecular flexibility index (Phi) is 3.30. The van der Waals surface area contributed by atoms with Crippen LogP contribution in [0.3, 0.4) is 0 Å². The second-order valence-corrected chi connectivity index (χ2v) is 7.00. The summed E-state index contributed by atoms with van der Waals surface area (Å²) in [6.45, 7) is 5.49. The normalized spacial score (nSPS) is 44.1. The zero-order valence-corrected chi connectivity index (χ0v) is 11.4. The van der Waals surface area contributed by atoms with Crippen molar-refractivity contribution in [1.29, 1.82) is 0 Å². The molecule has 0 aromatic heterocycles. The predicted molar refractivity (Wildman–Crippen MR) is 72.8 cm³/mol. The summed E-state index contributed by atoms with van der Waals surface area (Å²) in [6, 6.07) is 0.609. The van der Waals surface area contributed by atoms with Crippen molar-refractivity contribution < 1.29 is 0 Å². The average Bonchev–Trinajstić information content (AvgIpc) is 2.25. The number of hydrogen-bond acceptors (Lipinski definition) is 1. The molecule has 0 heterocycles. The summed E-state index contributed by atoms with van der Waals surface area (Å²) in [6.07, 6.45) is 12.7. The van der Waals surface area contributed by atoms with Crippen molar-refractivity contribution in [2.75, 3.05) is 6.54 Å². The minimum Gasteiger partial charge on any atom is -0.311 e. The molecule has 0 aliphatic heterocycles. The van der Waals surface area contributed by atoms with Gasteiger partial charge in [0.15, 0.2) is 0 Å². The van der Waals surface area contributed by atoms with E-state index >= 15 is 0 Å². The molecule has 4 saturated carbocycles. The molecule has 0 spiro atoms. The molecule has 0 unspecified atom stereocenters. The van der Waals surface area contributed by atoms with Crippen LogP contribution in [0.5, 0.6) is 0 Å². The lowest BCUT2D eigenvalue weighted by Gasteiger charge is -2.53. The number of rotatable bonds is 4. The molecule has 4 aliphatic rings. The molecule has 1 heteroatoms. The number of nitrogens with one attached hydrogen (secondary N) is 1. The van der Waals surface area contributed by atoms with E-state index in [0.717, 1.165) is 36.1 Å². The Labute approximate surface area is 106 Å². The molecule has 4 bridgehead atoms. The topological polar surface area (TPSA) is 12.0 Å². The Morgan fingerprint density at radius 1 is 1.00 bits per heavy atom. The molecule has 0 saturated heterocycles. The fourth-order valence-electron chi connectivity index (χ4n) is 4.81. The summed E-state index contributed by atoms with van der Waals surface area (Å²) in [4.78, 5) is 0. The SMILES string of the molecule is CC(C)NC/C=C/C1C2CC3CC(C2)CC1C3. The maximum absolute atomic E-state index is 3.48. The number of hydrogen-bond donors (Lipinski definition) is 1. The van der Waals surface area contributed by atoms with Crippen LogP contribution < -0.4 is 5.32 Å². The summed E-state index contributed by atoms with van der Waals surface area (Å²) >= 11 is 0. The van der Waals surface area contributed by atoms with Gasteiger partial charge in [-0.1, -0.05) is 26.0 Å². The Balaban J connectivity index is 1.57. The molecule has 1 N–H and O–H groups in total. The molecular weight excluding hydrogens is 206 g/mol. The van der Waals surface area contributed by atoms with E-state index < -0.39 is 0 Å². The van der Waals surface area contributed by atoms with E-state index in [2.05, 4.69) is 31.3 Å². The third-order valence-electron chi connectivity index (χ3n) is 5.30. The van der Waals surface area contributed by atoms with E-state index in [0.29, 0.717) is 6.04 Å². The van der Waals surface area contributed by atoms with Crippen molar-refractivity contribution in [3.05, 3.63) is 12.2 Å².